The molecule has 0 saturated heterocycles. The molecule has 1 heterocycles. The largest absolute Gasteiger partial charge is 0.382 e. The van der Waals surface area contributed by atoms with E-state index in [1.807, 2.05) is 31.3 Å². The first-order chi connectivity index (χ1) is 7.59. The predicted molar refractivity (Wildman–Crippen MR) is 69.1 cm³/mol. The molecule has 0 aliphatic rings. The van der Waals surface area contributed by atoms with Crippen LogP contribution in [0.2, 0.25) is 0 Å². The Bertz CT molecular complexity index is 474. The van der Waals surface area contributed by atoms with Crippen LogP contribution < -0.4 is 0 Å². The number of aliphatic hydroxyl groups excluding tert-OH is 1. The van der Waals surface area contributed by atoms with Crippen LogP contribution in [0.15, 0.2) is 39.4 Å². The summed E-state index contributed by atoms with van der Waals surface area (Å²) < 4.78 is 3.47. The van der Waals surface area contributed by atoms with Crippen LogP contribution in [0.5, 0.6) is 0 Å². The number of hydrogen-bond acceptors (Lipinski definition) is 2. The number of hydrogen-bond donors (Lipinski definition) is 1. The number of rotatable bonds is 2. The summed E-state index contributed by atoms with van der Waals surface area (Å²) in [5.41, 5.74) is 1.59. The average molecular weight is 346 g/mol. The second kappa shape index (κ2) is 4.69. The van der Waals surface area contributed by atoms with Crippen LogP contribution in [0, 0.1) is 0 Å². The zero-order valence-corrected chi connectivity index (χ0v) is 11.7. The number of aryl methyl sites for hydroxylation is 1. The SMILES string of the molecule is Cn1ncc(Br)c1C(O)c1ccc(Br)cc1. The summed E-state index contributed by atoms with van der Waals surface area (Å²) in [5, 5.41) is 14.3. The summed E-state index contributed by atoms with van der Waals surface area (Å²) in [4.78, 5) is 0. The maximum absolute atomic E-state index is 10.2. The lowest BCUT2D eigenvalue weighted by molar-refractivity contribution is 0.209. The summed E-state index contributed by atoms with van der Waals surface area (Å²) in [6.45, 7) is 0. The third-order valence-electron chi connectivity index (χ3n) is 2.38. The monoisotopic (exact) mass is 344 g/mol. The Hall–Kier alpha value is -0.650. The van der Waals surface area contributed by atoms with E-state index < -0.39 is 6.10 Å². The first-order valence-electron chi connectivity index (χ1n) is 4.70. The molecule has 0 aliphatic heterocycles. The summed E-state index contributed by atoms with van der Waals surface area (Å²) in [6, 6.07) is 7.58. The van der Waals surface area contributed by atoms with E-state index in [0.29, 0.717) is 0 Å². The van der Waals surface area contributed by atoms with Crippen molar-refractivity contribution >= 4 is 31.9 Å². The number of nitrogens with zero attached hydrogens (tertiary/aromatic N) is 2. The molecule has 5 heteroatoms. The van der Waals surface area contributed by atoms with Crippen molar-refractivity contribution < 1.29 is 5.11 Å². The molecule has 2 rings (SSSR count). The van der Waals surface area contributed by atoms with Gasteiger partial charge in [-0.25, -0.2) is 0 Å². The molecule has 0 bridgehead atoms. The minimum atomic E-state index is -0.671. The van der Waals surface area contributed by atoms with E-state index in [2.05, 4.69) is 37.0 Å². The molecule has 16 heavy (non-hydrogen) atoms. The highest BCUT2D eigenvalue weighted by molar-refractivity contribution is 9.10. The molecule has 3 nitrogen and oxygen atoms in total. The van der Waals surface area contributed by atoms with Crippen LogP contribution in [-0.4, -0.2) is 14.9 Å². The highest BCUT2D eigenvalue weighted by atomic mass is 79.9. The third-order valence-corrected chi connectivity index (χ3v) is 3.52. The van der Waals surface area contributed by atoms with Gasteiger partial charge in [0.2, 0.25) is 0 Å². The average Bonchev–Trinajstić information content (AvgIpc) is 2.59. The Labute approximate surface area is 110 Å². The normalized spacial score (nSPS) is 12.8. The second-order valence-electron chi connectivity index (χ2n) is 3.46. The molecule has 84 valence electrons. The molecule has 0 aliphatic carbocycles. The van der Waals surface area contributed by atoms with Gasteiger partial charge in [-0.1, -0.05) is 28.1 Å². The minimum Gasteiger partial charge on any atom is -0.382 e. The molecule has 0 amide bonds. The van der Waals surface area contributed by atoms with Crippen LogP contribution in [0.4, 0.5) is 0 Å². The standard InChI is InChI=1S/C11H10Br2N2O/c1-15-10(9(13)6-14-15)11(16)7-2-4-8(12)5-3-7/h2-6,11,16H,1H3. The molecule has 0 spiro atoms. The van der Waals surface area contributed by atoms with E-state index in [1.54, 1.807) is 10.9 Å². The smallest absolute Gasteiger partial charge is 0.122 e. The Morgan fingerprint density at radius 2 is 1.88 bits per heavy atom. The van der Waals surface area contributed by atoms with Gasteiger partial charge in [0.1, 0.15) is 6.10 Å². The zero-order valence-electron chi connectivity index (χ0n) is 8.56. The van der Waals surface area contributed by atoms with Gasteiger partial charge in [0.05, 0.1) is 16.4 Å². The highest BCUT2D eigenvalue weighted by Crippen LogP contribution is 2.28. The van der Waals surface area contributed by atoms with E-state index in [-0.39, 0.29) is 0 Å². The van der Waals surface area contributed by atoms with Gasteiger partial charge in [-0.3, -0.25) is 4.68 Å². The summed E-state index contributed by atoms with van der Waals surface area (Å²) in [7, 11) is 1.81. The van der Waals surface area contributed by atoms with Gasteiger partial charge in [0, 0.05) is 11.5 Å². The van der Waals surface area contributed by atoms with Crippen molar-refractivity contribution in [1.29, 1.82) is 0 Å². The first kappa shape index (κ1) is 11.8. The molecule has 1 atom stereocenters. The van der Waals surface area contributed by atoms with Gasteiger partial charge in [0.25, 0.3) is 0 Å². The van der Waals surface area contributed by atoms with Crippen LogP contribution in [0.1, 0.15) is 17.4 Å². The molecular formula is C11H10Br2N2O. The molecule has 0 fully saturated rings. The molecule has 0 saturated carbocycles. The van der Waals surface area contributed by atoms with Crippen molar-refractivity contribution in [2.75, 3.05) is 0 Å². The number of aliphatic hydroxyl groups is 1. The maximum Gasteiger partial charge on any atom is 0.122 e. The van der Waals surface area contributed by atoms with Crippen LogP contribution in [0.3, 0.4) is 0 Å². The molecule has 0 radical (unpaired) electrons. The highest BCUT2D eigenvalue weighted by Gasteiger charge is 2.17. The van der Waals surface area contributed by atoms with Gasteiger partial charge >= 0.3 is 0 Å². The fourth-order valence-corrected chi connectivity index (χ4v) is 2.36. The lowest BCUT2D eigenvalue weighted by Gasteiger charge is -2.12. The Morgan fingerprint density at radius 1 is 1.25 bits per heavy atom. The maximum atomic E-state index is 10.2. The predicted octanol–water partition coefficient (Wildman–Crippen LogP) is 3.03. The summed E-state index contributed by atoms with van der Waals surface area (Å²) >= 11 is 6.74. The van der Waals surface area contributed by atoms with Crippen LogP contribution in [-0.2, 0) is 7.05 Å². The Kier molecular flexibility index (Phi) is 3.47. The van der Waals surface area contributed by atoms with Crippen molar-refractivity contribution in [3.8, 4) is 0 Å². The fraction of sp³-hybridized carbons (Fsp3) is 0.182. The zero-order chi connectivity index (χ0) is 11.7. The van der Waals surface area contributed by atoms with Gasteiger partial charge < -0.3 is 5.11 Å². The third kappa shape index (κ3) is 2.21. The second-order valence-corrected chi connectivity index (χ2v) is 5.23. The first-order valence-corrected chi connectivity index (χ1v) is 6.29. The molecule has 1 aromatic carbocycles. The van der Waals surface area contributed by atoms with E-state index in [1.165, 1.54) is 0 Å². The van der Waals surface area contributed by atoms with Crippen molar-refractivity contribution in [3.05, 3.63) is 50.7 Å². The fourth-order valence-electron chi connectivity index (χ4n) is 1.53. The van der Waals surface area contributed by atoms with Gasteiger partial charge in [-0.2, -0.15) is 5.10 Å². The topological polar surface area (TPSA) is 38.0 Å². The van der Waals surface area contributed by atoms with E-state index >= 15 is 0 Å². The lowest BCUT2D eigenvalue weighted by Crippen LogP contribution is -2.07. The molecule has 1 aromatic heterocycles. The van der Waals surface area contributed by atoms with Gasteiger partial charge in [0.15, 0.2) is 0 Å². The van der Waals surface area contributed by atoms with Crippen molar-refractivity contribution in [3.63, 3.8) is 0 Å². The van der Waals surface area contributed by atoms with E-state index in [4.69, 9.17) is 0 Å². The lowest BCUT2D eigenvalue weighted by atomic mass is 10.1. The van der Waals surface area contributed by atoms with Crippen molar-refractivity contribution in [2.45, 2.75) is 6.10 Å². The van der Waals surface area contributed by atoms with E-state index in [0.717, 1.165) is 20.2 Å². The molecule has 1 N–H and O–H groups in total. The van der Waals surface area contributed by atoms with Gasteiger partial charge in [-0.05, 0) is 33.6 Å². The van der Waals surface area contributed by atoms with Gasteiger partial charge in [-0.15, -0.1) is 0 Å². The number of benzene rings is 1. The molecule has 2 aromatic rings. The minimum absolute atomic E-state index is 0.671. The van der Waals surface area contributed by atoms with Crippen LogP contribution in [0.25, 0.3) is 0 Å². The number of halogens is 2. The van der Waals surface area contributed by atoms with Crippen LogP contribution >= 0.6 is 31.9 Å². The quantitative estimate of drug-likeness (QED) is 0.908. The van der Waals surface area contributed by atoms with Crippen molar-refractivity contribution in [1.82, 2.24) is 9.78 Å². The van der Waals surface area contributed by atoms with E-state index in [9.17, 15) is 5.11 Å². The molecular weight excluding hydrogens is 336 g/mol. The summed E-state index contributed by atoms with van der Waals surface area (Å²) in [5.74, 6) is 0. The summed E-state index contributed by atoms with van der Waals surface area (Å²) in [6.07, 6.45) is 1.01. The number of aromatic nitrogens is 2. The molecule has 1 unspecified atom stereocenters. The Balaban J connectivity index is 2.39. The van der Waals surface area contributed by atoms with Crippen molar-refractivity contribution in [2.24, 2.45) is 7.05 Å². The Morgan fingerprint density at radius 3 is 2.38 bits per heavy atom.